The Morgan fingerprint density at radius 2 is 0.646 bits per heavy atom. The van der Waals surface area contributed by atoms with Crippen LogP contribution in [0.4, 0.5) is 0 Å². The zero-order chi connectivity index (χ0) is 44.5. The maximum absolute atomic E-state index is 12.5. The Labute approximate surface area is 381 Å². The summed E-state index contributed by atoms with van der Waals surface area (Å²) in [5.41, 5.74) is 5.62. The van der Waals surface area contributed by atoms with Crippen molar-refractivity contribution in [3.05, 3.63) is 215 Å². The van der Waals surface area contributed by atoms with Crippen LogP contribution in [0.1, 0.15) is 33.4 Å². The Morgan fingerprint density at radius 3 is 1.03 bits per heavy atom. The number of ether oxygens (including phenoxy) is 9. The zero-order valence-corrected chi connectivity index (χ0v) is 36.3. The molecule has 2 saturated heterocycles. The first-order valence-electron chi connectivity index (χ1n) is 22.3. The summed E-state index contributed by atoms with van der Waals surface area (Å²) in [5, 5.41) is 24.4. The van der Waals surface area contributed by atoms with Gasteiger partial charge >= 0.3 is 0 Å². The summed E-state index contributed by atoms with van der Waals surface area (Å²) >= 11 is 0. The van der Waals surface area contributed by atoms with Crippen LogP contribution in [0.25, 0.3) is 0 Å². The zero-order valence-electron chi connectivity index (χ0n) is 36.3. The molecular formula is C54H58O11. The van der Waals surface area contributed by atoms with E-state index in [2.05, 4.69) is 0 Å². The van der Waals surface area contributed by atoms with E-state index in [0.29, 0.717) is 13.2 Å². The molecule has 6 aromatic rings. The third-order valence-electron chi connectivity index (χ3n) is 11.4. The van der Waals surface area contributed by atoms with Crippen LogP contribution in [0.15, 0.2) is 182 Å². The summed E-state index contributed by atoms with van der Waals surface area (Å²) in [6.45, 7) is 1.50. The number of aliphatic hydroxyl groups excluding tert-OH is 2. The van der Waals surface area contributed by atoms with E-state index in [9.17, 15) is 10.2 Å². The molecule has 2 N–H and O–H groups in total. The number of benzene rings is 6. The molecule has 0 saturated carbocycles. The highest BCUT2D eigenvalue weighted by atomic mass is 16.7. The van der Waals surface area contributed by atoms with E-state index in [1.807, 2.05) is 182 Å². The van der Waals surface area contributed by atoms with Crippen LogP contribution >= 0.6 is 0 Å². The number of hydrogen-bond acceptors (Lipinski definition) is 11. The third kappa shape index (κ3) is 13.5. The van der Waals surface area contributed by atoms with E-state index < -0.39 is 61.4 Å². The second kappa shape index (κ2) is 24.4. The minimum Gasteiger partial charge on any atom is -0.385 e. The van der Waals surface area contributed by atoms with Gasteiger partial charge in [0.15, 0.2) is 12.6 Å². The molecule has 2 heterocycles. The molecule has 0 radical (unpaired) electrons. The Kier molecular flexibility index (Phi) is 17.4. The van der Waals surface area contributed by atoms with Crippen molar-refractivity contribution >= 4 is 0 Å². The number of hydrogen-bond donors (Lipinski definition) is 2. The van der Waals surface area contributed by atoms with Gasteiger partial charge in [0.25, 0.3) is 0 Å². The van der Waals surface area contributed by atoms with E-state index >= 15 is 0 Å². The van der Waals surface area contributed by atoms with E-state index in [1.54, 1.807) is 0 Å². The molecule has 11 nitrogen and oxygen atoms in total. The summed E-state index contributed by atoms with van der Waals surface area (Å²) in [5.74, 6) is 0. The van der Waals surface area contributed by atoms with Crippen molar-refractivity contribution in [1.82, 2.24) is 0 Å². The van der Waals surface area contributed by atoms with Crippen LogP contribution in [0.2, 0.25) is 0 Å². The molecule has 10 atom stereocenters. The summed E-state index contributed by atoms with van der Waals surface area (Å²) in [4.78, 5) is 0. The molecule has 2 fully saturated rings. The van der Waals surface area contributed by atoms with Gasteiger partial charge in [0.1, 0.15) is 48.8 Å². The lowest BCUT2D eigenvalue weighted by molar-refractivity contribution is -0.371. The minimum absolute atomic E-state index is 0.0545. The average Bonchev–Trinajstić information content (AvgIpc) is 3.35. The molecule has 0 amide bonds. The van der Waals surface area contributed by atoms with Gasteiger partial charge in [-0.05, 0) is 33.4 Å². The van der Waals surface area contributed by atoms with Crippen LogP contribution in [-0.4, -0.2) is 84.8 Å². The fourth-order valence-electron chi connectivity index (χ4n) is 8.05. The summed E-state index contributed by atoms with van der Waals surface area (Å²) in [6, 6.07) is 58.7. The molecule has 65 heavy (non-hydrogen) atoms. The van der Waals surface area contributed by atoms with E-state index in [1.165, 1.54) is 0 Å². The largest absolute Gasteiger partial charge is 0.385 e. The van der Waals surface area contributed by atoms with Gasteiger partial charge in [0, 0.05) is 0 Å². The van der Waals surface area contributed by atoms with E-state index in [-0.39, 0.29) is 39.6 Å². The SMILES string of the molecule is O[C@@H]1[C@H](OC2[C@@H](OCc3ccccc3)[C@@H](O)O[C@H](COCc3ccccc3)[C@H]2OCc2ccccc2)O[C@H](COCc2ccccc2)[C@@H](OCc2ccccc2)[C@@H]1OCc1ccccc1. The summed E-state index contributed by atoms with van der Waals surface area (Å²) in [6.07, 6.45) is -10.6. The molecule has 6 aromatic carbocycles. The predicted octanol–water partition coefficient (Wildman–Crippen LogP) is 7.95. The maximum atomic E-state index is 12.5. The van der Waals surface area contributed by atoms with Crippen molar-refractivity contribution in [3.63, 3.8) is 0 Å². The first-order valence-corrected chi connectivity index (χ1v) is 22.3. The summed E-state index contributed by atoms with van der Waals surface area (Å²) < 4.78 is 59.2. The molecule has 2 aliphatic rings. The van der Waals surface area contributed by atoms with Crippen LogP contribution in [0.3, 0.4) is 0 Å². The number of rotatable bonds is 22. The first-order chi connectivity index (χ1) is 32.1. The molecule has 11 heteroatoms. The van der Waals surface area contributed by atoms with Crippen LogP contribution in [0, 0.1) is 0 Å². The van der Waals surface area contributed by atoms with Crippen LogP contribution in [-0.2, 0) is 82.3 Å². The predicted molar refractivity (Wildman–Crippen MR) is 243 cm³/mol. The van der Waals surface area contributed by atoms with Crippen molar-refractivity contribution in [1.29, 1.82) is 0 Å². The van der Waals surface area contributed by atoms with Gasteiger partial charge < -0.3 is 52.8 Å². The van der Waals surface area contributed by atoms with Crippen molar-refractivity contribution in [2.75, 3.05) is 13.2 Å². The second-order valence-electron chi connectivity index (χ2n) is 16.2. The van der Waals surface area contributed by atoms with Gasteiger partial charge in [0.2, 0.25) is 0 Å². The topological polar surface area (TPSA) is 124 Å². The fraction of sp³-hybridized carbons (Fsp3) is 0.333. The highest BCUT2D eigenvalue weighted by Crippen LogP contribution is 2.35. The molecule has 0 aliphatic carbocycles. The highest BCUT2D eigenvalue weighted by molar-refractivity contribution is 5.18. The normalized spacial score (nSPS) is 25.6. The molecule has 0 bridgehead atoms. The van der Waals surface area contributed by atoms with Crippen molar-refractivity contribution in [3.8, 4) is 0 Å². The monoisotopic (exact) mass is 882 g/mol. The molecular weight excluding hydrogens is 825 g/mol. The van der Waals surface area contributed by atoms with Crippen LogP contribution < -0.4 is 0 Å². The Bertz CT molecular complexity index is 2210. The van der Waals surface area contributed by atoms with Gasteiger partial charge in [-0.25, -0.2) is 0 Å². The lowest BCUT2D eigenvalue weighted by atomic mass is 9.96. The van der Waals surface area contributed by atoms with Crippen molar-refractivity contribution in [2.45, 2.75) is 101 Å². The van der Waals surface area contributed by atoms with Crippen molar-refractivity contribution < 1.29 is 52.8 Å². The standard InChI is InChI=1S/C54H58O11/c55-47-50(61-35-43-27-15-5-16-28-43)48(59-33-41-23-11-3-12-24-41)46(38-58-32-40-21-9-2-10-22-40)64-54(47)65-51-49(60-34-42-25-13-4-14-26-42)45(37-57-31-39-19-7-1-8-20-39)63-53(56)52(51)62-36-44-29-17-6-18-30-44/h1-30,45-56H,31-38H2/t45-,46-,47+,48-,49-,50-,51?,52-,53+,54+/m1/s1. The Morgan fingerprint density at radius 1 is 0.338 bits per heavy atom. The second-order valence-corrected chi connectivity index (χ2v) is 16.2. The number of aliphatic hydroxyl groups is 2. The first kappa shape index (κ1) is 46.4. The molecule has 0 aromatic heterocycles. The molecule has 1 unspecified atom stereocenters. The molecule has 340 valence electrons. The fourth-order valence-corrected chi connectivity index (χ4v) is 8.05. The highest BCUT2D eigenvalue weighted by Gasteiger charge is 2.53. The van der Waals surface area contributed by atoms with E-state index in [0.717, 1.165) is 33.4 Å². The minimum atomic E-state index is -1.47. The molecule has 0 spiro atoms. The van der Waals surface area contributed by atoms with Gasteiger partial charge in [0.05, 0.1) is 52.9 Å². The van der Waals surface area contributed by atoms with Gasteiger partial charge in [-0.1, -0.05) is 182 Å². The smallest absolute Gasteiger partial charge is 0.187 e. The van der Waals surface area contributed by atoms with Crippen LogP contribution in [0.5, 0.6) is 0 Å². The maximum Gasteiger partial charge on any atom is 0.187 e. The Hall–Kier alpha value is -5.12. The van der Waals surface area contributed by atoms with Gasteiger partial charge in [-0.2, -0.15) is 0 Å². The van der Waals surface area contributed by atoms with Gasteiger partial charge in [-0.15, -0.1) is 0 Å². The quantitative estimate of drug-likeness (QED) is 0.0691. The average molecular weight is 883 g/mol. The third-order valence-corrected chi connectivity index (χ3v) is 11.4. The molecule has 8 rings (SSSR count). The van der Waals surface area contributed by atoms with E-state index in [4.69, 9.17) is 42.6 Å². The lowest BCUT2D eigenvalue weighted by Gasteiger charge is -2.49. The Balaban J connectivity index is 1.11. The van der Waals surface area contributed by atoms with Crippen molar-refractivity contribution in [2.24, 2.45) is 0 Å². The lowest BCUT2D eigenvalue weighted by Crippen LogP contribution is -2.66. The van der Waals surface area contributed by atoms with Gasteiger partial charge in [-0.3, -0.25) is 0 Å². The summed E-state index contributed by atoms with van der Waals surface area (Å²) in [7, 11) is 0. The molecule has 2 aliphatic heterocycles.